The van der Waals surface area contributed by atoms with Gasteiger partial charge in [-0.15, -0.1) is 23.7 Å². The zero-order valence-corrected chi connectivity index (χ0v) is 14.9. The van der Waals surface area contributed by atoms with Gasteiger partial charge in [-0.25, -0.2) is 0 Å². The third-order valence-electron chi connectivity index (χ3n) is 3.33. The number of carbonyl (C=O) groups is 2. The lowest BCUT2D eigenvalue weighted by molar-refractivity contribution is -0.122. The second kappa shape index (κ2) is 10.8. The molecule has 0 saturated heterocycles. The van der Waals surface area contributed by atoms with E-state index in [2.05, 4.69) is 10.6 Å². The second-order valence-corrected chi connectivity index (χ2v) is 6.07. The molecular weight excluding hydrogens is 346 g/mol. The highest BCUT2D eigenvalue weighted by Gasteiger charge is 2.21. The van der Waals surface area contributed by atoms with Gasteiger partial charge in [-0.2, -0.15) is 0 Å². The van der Waals surface area contributed by atoms with E-state index in [4.69, 9.17) is 5.73 Å². The number of thiophene rings is 1. The Hall–Kier alpha value is -1.89. The Balaban J connectivity index is 0.00000288. The molecule has 1 unspecified atom stereocenters. The highest BCUT2D eigenvalue weighted by molar-refractivity contribution is 7.12. The number of halogens is 1. The van der Waals surface area contributed by atoms with Crippen molar-refractivity contribution in [3.05, 3.63) is 58.3 Å². The van der Waals surface area contributed by atoms with Crippen molar-refractivity contribution in [2.24, 2.45) is 5.73 Å². The van der Waals surface area contributed by atoms with Crippen molar-refractivity contribution in [2.45, 2.75) is 18.9 Å². The first-order chi connectivity index (χ1) is 11.2. The summed E-state index contributed by atoms with van der Waals surface area (Å²) in [7, 11) is 0. The van der Waals surface area contributed by atoms with Crippen LogP contribution in [-0.4, -0.2) is 30.9 Å². The molecule has 0 spiro atoms. The number of nitrogens with two attached hydrogens (primary N) is 1. The van der Waals surface area contributed by atoms with E-state index in [0.29, 0.717) is 30.8 Å². The molecule has 1 heterocycles. The number of hydrogen-bond acceptors (Lipinski definition) is 4. The molecular formula is C17H22ClN3O2S. The predicted molar refractivity (Wildman–Crippen MR) is 99.6 cm³/mol. The van der Waals surface area contributed by atoms with Crippen molar-refractivity contribution < 1.29 is 9.59 Å². The lowest BCUT2D eigenvalue weighted by Crippen LogP contribution is -2.48. The second-order valence-electron chi connectivity index (χ2n) is 5.13. The van der Waals surface area contributed by atoms with Crippen LogP contribution >= 0.6 is 23.7 Å². The molecule has 1 atom stereocenters. The minimum absolute atomic E-state index is 0. The summed E-state index contributed by atoms with van der Waals surface area (Å²) in [6.45, 7) is 1.03. The molecule has 0 aliphatic carbocycles. The van der Waals surface area contributed by atoms with Crippen LogP contribution in [0.15, 0.2) is 47.8 Å². The first kappa shape index (κ1) is 20.2. The van der Waals surface area contributed by atoms with Crippen LogP contribution in [0.25, 0.3) is 0 Å². The first-order valence-corrected chi connectivity index (χ1v) is 8.44. The molecule has 130 valence electrons. The summed E-state index contributed by atoms with van der Waals surface area (Å²) in [5.41, 5.74) is 6.44. The SMILES string of the molecule is Cl.NCCCNC(=O)C(Cc1ccccc1)NC(=O)c1cccs1. The van der Waals surface area contributed by atoms with Crippen molar-refractivity contribution in [3.8, 4) is 0 Å². The van der Waals surface area contributed by atoms with Crippen LogP contribution in [0.5, 0.6) is 0 Å². The van der Waals surface area contributed by atoms with Crippen molar-refractivity contribution >= 4 is 35.6 Å². The maximum atomic E-state index is 12.4. The van der Waals surface area contributed by atoms with Gasteiger partial charge in [0.25, 0.3) is 5.91 Å². The first-order valence-electron chi connectivity index (χ1n) is 7.57. The molecule has 0 bridgehead atoms. The topological polar surface area (TPSA) is 84.2 Å². The minimum Gasteiger partial charge on any atom is -0.354 e. The molecule has 0 fully saturated rings. The van der Waals surface area contributed by atoms with Gasteiger partial charge in [-0.3, -0.25) is 9.59 Å². The van der Waals surface area contributed by atoms with Gasteiger partial charge in [0.05, 0.1) is 4.88 Å². The molecule has 0 aliphatic heterocycles. The zero-order valence-electron chi connectivity index (χ0n) is 13.2. The fourth-order valence-corrected chi connectivity index (χ4v) is 2.76. The Kier molecular flexibility index (Phi) is 9.07. The largest absolute Gasteiger partial charge is 0.354 e. The van der Waals surface area contributed by atoms with Crippen LogP contribution in [-0.2, 0) is 11.2 Å². The van der Waals surface area contributed by atoms with E-state index in [1.54, 1.807) is 6.07 Å². The van der Waals surface area contributed by atoms with Gasteiger partial charge in [-0.05, 0) is 30.0 Å². The quantitative estimate of drug-likeness (QED) is 0.624. The highest BCUT2D eigenvalue weighted by atomic mass is 35.5. The number of nitrogens with one attached hydrogen (secondary N) is 2. The Morgan fingerprint density at radius 2 is 1.88 bits per heavy atom. The fraction of sp³-hybridized carbons (Fsp3) is 0.294. The van der Waals surface area contributed by atoms with E-state index < -0.39 is 6.04 Å². The van der Waals surface area contributed by atoms with Crippen molar-refractivity contribution in [2.75, 3.05) is 13.1 Å². The van der Waals surface area contributed by atoms with Crippen LogP contribution in [0.1, 0.15) is 21.7 Å². The van der Waals surface area contributed by atoms with Gasteiger partial charge in [0, 0.05) is 13.0 Å². The Morgan fingerprint density at radius 3 is 2.50 bits per heavy atom. The fourth-order valence-electron chi connectivity index (χ4n) is 2.13. The number of carbonyl (C=O) groups excluding carboxylic acids is 2. The van der Waals surface area contributed by atoms with Crippen molar-refractivity contribution in [1.29, 1.82) is 0 Å². The number of amides is 2. The lowest BCUT2D eigenvalue weighted by Gasteiger charge is -2.18. The molecule has 1 aromatic carbocycles. The van der Waals surface area contributed by atoms with E-state index in [9.17, 15) is 9.59 Å². The normalized spacial score (nSPS) is 11.2. The third kappa shape index (κ3) is 6.31. The van der Waals surface area contributed by atoms with Crippen LogP contribution < -0.4 is 16.4 Å². The van der Waals surface area contributed by atoms with E-state index >= 15 is 0 Å². The summed E-state index contributed by atoms with van der Waals surface area (Å²) in [5, 5.41) is 7.48. The third-order valence-corrected chi connectivity index (χ3v) is 4.20. The molecule has 5 nitrogen and oxygen atoms in total. The Morgan fingerprint density at radius 1 is 1.12 bits per heavy atom. The summed E-state index contributed by atoms with van der Waals surface area (Å²) in [5.74, 6) is -0.415. The molecule has 2 amide bonds. The number of benzene rings is 1. The van der Waals surface area contributed by atoms with Gasteiger partial charge in [0.1, 0.15) is 6.04 Å². The molecule has 0 aliphatic rings. The number of hydrogen-bond donors (Lipinski definition) is 3. The summed E-state index contributed by atoms with van der Waals surface area (Å²) >= 11 is 1.35. The molecule has 2 rings (SSSR count). The van der Waals surface area contributed by atoms with Crippen LogP contribution in [0.4, 0.5) is 0 Å². The van der Waals surface area contributed by atoms with E-state index in [0.717, 1.165) is 5.56 Å². The van der Waals surface area contributed by atoms with E-state index in [1.165, 1.54) is 11.3 Å². The Bertz CT molecular complexity index is 620. The van der Waals surface area contributed by atoms with Gasteiger partial charge in [-0.1, -0.05) is 36.4 Å². The average molecular weight is 368 g/mol. The minimum atomic E-state index is -0.607. The van der Waals surface area contributed by atoms with Crippen LogP contribution in [0, 0.1) is 0 Å². The van der Waals surface area contributed by atoms with Gasteiger partial charge >= 0.3 is 0 Å². The maximum absolute atomic E-state index is 12.4. The van der Waals surface area contributed by atoms with Gasteiger partial charge in [0.15, 0.2) is 0 Å². The predicted octanol–water partition coefficient (Wildman–Crippen LogP) is 1.98. The number of rotatable bonds is 8. The standard InChI is InChI=1S/C17H21N3O2S.ClH/c18-9-5-10-19-16(21)14(12-13-6-2-1-3-7-13)20-17(22)15-8-4-11-23-15;/h1-4,6-8,11,14H,5,9-10,12,18H2,(H,19,21)(H,20,22);1H. The molecule has 7 heteroatoms. The molecule has 0 saturated carbocycles. The maximum Gasteiger partial charge on any atom is 0.262 e. The lowest BCUT2D eigenvalue weighted by atomic mass is 10.1. The molecule has 1 aromatic heterocycles. The molecule has 4 N–H and O–H groups in total. The van der Waals surface area contributed by atoms with Crippen LogP contribution in [0.2, 0.25) is 0 Å². The van der Waals surface area contributed by atoms with Crippen LogP contribution in [0.3, 0.4) is 0 Å². The highest BCUT2D eigenvalue weighted by Crippen LogP contribution is 2.10. The molecule has 0 radical (unpaired) electrons. The summed E-state index contributed by atoms with van der Waals surface area (Å²) in [6.07, 6.45) is 1.16. The van der Waals surface area contributed by atoms with Crippen molar-refractivity contribution in [3.63, 3.8) is 0 Å². The zero-order chi connectivity index (χ0) is 16.5. The van der Waals surface area contributed by atoms with Gasteiger partial charge < -0.3 is 16.4 Å². The summed E-state index contributed by atoms with van der Waals surface area (Å²) in [6, 6.07) is 12.6. The van der Waals surface area contributed by atoms with Gasteiger partial charge in [0.2, 0.25) is 5.91 Å². The molecule has 24 heavy (non-hydrogen) atoms. The van der Waals surface area contributed by atoms with E-state index in [1.807, 2.05) is 41.8 Å². The molecule has 2 aromatic rings. The summed E-state index contributed by atoms with van der Waals surface area (Å²) < 4.78 is 0. The van der Waals surface area contributed by atoms with E-state index in [-0.39, 0.29) is 24.2 Å². The summed E-state index contributed by atoms with van der Waals surface area (Å²) in [4.78, 5) is 25.2. The average Bonchev–Trinajstić information content (AvgIpc) is 3.10. The monoisotopic (exact) mass is 367 g/mol. The van der Waals surface area contributed by atoms with Crippen molar-refractivity contribution in [1.82, 2.24) is 10.6 Å². The smallest absolute Gasteiger partial charge is 0.262 e. The Labute approximate surface area is 152 Å².